The molecule has 0 aliphatic carbocycles. The molecule has 84 valence electrons. The van der Waals surface area contributed by atoms with Crippen molar-refractivity contribution in [2.45, 2.75) is 6.18 Å². The van der Waals surface area contributed by atoms with Crippen molar-refractivity contribution in [3.8, 4) is 0 Å². The highest BCUT2D eigenvalue weighted by molar-refractivity contribution is 6.26. The van der Waals surface area contributed by atoms with E-state index < -0.39 is 23.4 Å². The minimum atomic E-state index is -4.61. The van der Waals surface area contributed by atoms with E-state index in [0.717, 1.165) is 6.20 Å². The zero-order chi connectivity index (χ0) is 11.8. The fourth-order valence-electron chi connectivity index (χ4n) is 1.11. The van der Waals surface area contributed by atoms with E-state index in [9.17, 15) is 18.0 Å². The molecule has 0 saturated carbocycles. The number of nitrogens with zero attached hydrogens (tertiary/aromatic N) is 3. The van der Waals surface area contributed by atoms with Gasteiger partial charge in [0.2, 0.25) is 0 Å². The second kappa shape index (κ2) is 3.56. The molecular formula is C8H10F3N3O. The predicted octanol–water partition coefficient (Wildman–Crippen LogP) is 0.822. The van der Waals surface area contributed by atoms with Crippen molar-refractivity contribution in [1.82, 2.24) is 9.91 Å². The Morgan fingerprint density at radius 2 is 1.93 bits per heavy atom. The van der Waals surface area contributed by atoms with Gasteiger partial charge in [-0.25, -0.2) is 5.01 Å². The number of amides is 1. The number of carbonyl (C=O) groups is 1. The first-order chi connectivity index (χ1) is 6.73. The molecule has 0 spiro atoms. The maximum Gasteiger partial charge on any atom is 0.435 e. The van der Waals surface area contributed by atoms with Crippen molar-refractivity contribution in [2.24, 2.45) is 5.10 Å². The van der Waals surface area contributed by atoms with Crippen LogP contribution in [0.15, 0.2) is 16.9 Å². The number of likely N-dealkylation sites (N-methyl/N-ethyl adjacent to an activating group) is 1. The van der Waals surface area contributed by atoms with Crippen LogP contribution in [0.1, 0.15) is 0 Å². The molecule has 0 aromatic carbocycles. The van der Waals surface area contributed by atoms with Crippen LogP contribution >= 0.6 is 0 Å². The molecule has 4 nitrogen and oxygen atoms in total. The van der Waals surface area contributed by atoms with Gasteiger partial charge in [-0.15, -0.1) is 0 Å². The summed E-state index contributed by atoms with van der Waals surface area (Å²) < 4.78 is 37.3. The molecule has 1 aliphatic heterocycles. The predicted molar refractivity (Wildman–Crippen MR) is 48.0 cm³/mol. The topological polar surface area (TPSA) is 35.9 Å². The van der Waals surface area contributed by atoms with Crippen molar-refractivity contribution in [3.63, 3.8) is 0 Å². The van der Waals surface area contributed by atoms with Crippen molar-refractivity contribution < 1.29 is 18.0 Å². The minimum absolute atomic E-state index is 0.435. The molecule has 0 bridgehead atoms. The van der Waals surface area contributed by atoms with Gasteiger partial charge in [0.05, 0.1) is 5.57 Å². The van der Waals surface area contributed by atoms with E-state index in [1.54, 1.807) is 0 Å². The summed E-state index contributed by atoms with van der Waals surface area (Å²) in [7, 11) is 4.25. The largest absolute Gasteiger partial charge is 0.435 e. The zero-order valence-electron chi connectivity index (χ0n) is 8.46. The summed E-state index contributed by atoms with van der Waals surface area (Å²) in [4.78, 5) is 12.7. The van der Waals surface area contributed by atoms with Gasteiger partial charge < -0.3 is 4.90 Å². The number of carbonyl (C=O) groups excluding carboxylic acids is 1. The lowest BCUT2D eigenvalue weighted by Crippen LogP contribution is -2.26. The van der Waals surface area contributed by atoms with Crippen LogP contribution in [0, 0.1) is 0 Å². The van der Waals surface area contributed by atoms with Crippen LogP contribution in [0.2, 0.25) is 0 Å². The monoisotopic (exact) mass is 221 g/mol. The Hall–Kier alpha value is -1.53. The first-order valence-electron chi connectivity index (χ1n) is 4.06. The highest BCUT2D eigenvalue weighted by Crippen LogP contribution is 2.27. The van der Waals surface area contributed by atoms with Gasteiger partial charge in [0.15, 0.2) is 5.71 Å². The Labute approximate surface area is 84.6 Å². The Kier molecular flexibility index (Phi) is 2.74. The van der Waals surface area contributed by atoms with Crippen LogP contribution in [0.4, 0.5) is 13.2 Å². The van der Waals surface area contributed by atoms with E-state index in [1.807, 2.05) is 0 Å². The first kappa shape index (κ1) is 11.5. The lowest BCUT2D eigenvalue weighted by molar-refractivity contribution is -0.124. The summed E-state index contributed by atoms with van der Waals surface area (Å²) in [6.07, 6.45) is -3.50. The summed E-state index contributed by atoms with van der Waals surface area (Å²) in [6.45, 7) is 0. The average molecular weight is 221 g/mol. The lowest BCUT2D eigenvalue weighted by atomic mass is 10.1. The maximum absolute atomic E-state index is 12.4. The maximum atomic E-state index is 12.4. The van der Waals surface area contributed by atoms with E-state index in [-0.39, 0.29) is 0 Å². The molecule has 7 heteroatoms. The zero-order valence-corrected chi connectivity index (χ0v) is 8.46. The molecule has 0 saturated heterocycles. The molecule has 1 heterocycles. The molecule has 0 aromatic heterocycles. The second-order valence-electron chi connectivity index (χ2n) is 3.28. The number of hydrazone groups is 1. The summed E-state index contributed by atoms with van der Waals surface area (Å²) >= 11 is 0. The molecule has 0 unspecified atom stereocenters. The van der Waals surface area contributed by atoms with Gasteiger partial charge in [0, 0.05) is 27.3 Å². The molecule has 15 heavy (non-hydrogen) atoms. The third-order valence-electron chi connectivity index (χ3n) is 1.69. The first-order valence-corrected chi connectivity index (χ1v) is 4.06. The van der Waals surface area contributed by atoms with Gasteiger partial charge >= 0.3 is 6.18 Å². The van der Waals surface area contributed by atoms with Crippen LogP contribution in [-0.4, -0.2) is 48.8 Å². The van der Waals surface area contributed by atoms with Crippen LogP contribution in [-0.2, 0) is 4.79 Å². The number of rotatable bonds is 1. The number of hydrogen-bond donors (Lipinski definition) is 0. The quantitative estimate of drug-likeness (QED) is 0.614. The van der Waals surface area contributed by atoms with E-state index in [4.69, 9.17) is 0 Å². The smallest absolute Gasteiger partial charge is 0.383 e. The highest BCUT2D eigenvalue weighted by Gasteiger charge is 2.45. The van der Waals surface area contributed by atoms with Crippen molar-refractivity contribution >= 4 is 11.6 Å². The number of hydrogen-bond acceptors (Lipinski definition) is 3. The third-order valence-corrected chi connectivity index (χ3v) is 1.69. The lowest BCUT2D eigenvalue weighted by Gasteiger charge is -2.09. The Bertz CT molecular complexity index is 344. The molecule has 1 aliphatic rings. The van der Waals surface area contributed by atoms with E-state index in [1.165, 1.54) is 26.0 Å². The third kappa shape index (κ3) is 2.28. The van der Waals surface area contributed by atoms with Gasteiger partial charge in [-0.05, 0) is 0 Å². The highest BCUT2D eigenvalue weighted by atomic mass is 19.4. The van der Waals surface area contributed by atoms with E-state index in [0.29, 0.717) is 5.01 Å². The standard InChI is InChI=1S/C8H10F3N3O/c1-13(2)4-5-6(8(9,10)11)12-14(3)7(5)15/h4H,1-3H3/b5-4+. The minimum Gasteiger partial charge on any atom is -0.383 e. The molecule has 0 fully saturated rings. The molecule has 0 atom stereocenters. The van der Waals surface area contributed by atoms with Gasteiger partial charge in [0.25, 0.3) is 5.91 Å². The number of halogens is 3. The second-order valence-corrected chi connectivity index (χ2v) is 3.28. The molecular weight excluding hydrogens is 211 g/mol. The van der Waals surface area contributed by atoms with Crippen LogP contribution < -0.4 is 0 Å². The van der Waals surface area contributed by atoms with E-state index in [2.05, 4.69) is 5.10 Å². The molecule has 0 radical (unpaired) electrons. The van der Waals surface area contributed by atoms with Crippen LogP contribution in [0.25, 0.3) is 0 Å². The Balaban J connectivity index is 3.15. The number of alkyl halides is 3. The molecule has 1 rings (SSSR count). The molecule has 1 amide bonds. The van der Waals surface area contributed by atoms with Crippen molar-refractivity contribution in [2.75, 3.05) is 21.1 Å². The van der Waals surface area contributed by atoms with Gasteiger partial charge in [0.1, 0.15) is 0 Å². The van der Waals surface area contributed by atoms with Crippen LogP contribution in [0.3, 0.4) is 0 Å². The summed E-state index contributed by atoms with van der Waals surface area (Å²) in [5.74, 6) is -0.754. The molecule has 0 aromatic rings. The summed E-state index contributed by atoms with van der Waals surface area (Å²) in [5, 5.41) is 3.83. The fourth-order valence-corrected chi connectivity index (χ4v) is 1.11. The molecule has 0 N–H and O–H groups in total. The summed E-state index contributed by atoms with van der Waals surface area (Å²) in [5.41, 5.74) is -1.58. The normalized spacial score (nSPS) is 19.9. The SMILES string of the molecule is CN(C)/C=C1/C(=O)N(C)N=C1C(F)(F)F. The average Bonchev–Trinajstić information content (AvgIpc) is 2.30. The summed E-state index contributed by atoms with van der Waals surface area (Å²) in [6, 6.07) is 0. The van der Waals surface area contributed by atoms with E-state index >= 15 is 0 Å². The fraction of sp³-hybridized carbons (Fsp3) is 0.500. The van der Waals surface area contributed by atoms with Crippen molar-refractivity contribution in [1.29, 1.82) is 0 Å². The van der Waals surface area contributed by atoms with Gasteiger partial charge in [-0.2, -0.15) is 18.3 Å². The Morgan fingerprint density at radius 3 is 2.33 bits per heavy atom. The van der Waals surface area contributed by atoms with Gasteiger partial charge in [-0.3, -0.25) is 4.79 Å². The van der Waals surface area contributed by atoms with Crippen LogP contribution in [0.5, 0.6) is 0 Å². The van der Waals surface area contributed by atoms with Crippen molar-refractivity contribution in [3.05, 3.63) is 11.8 Å². The Morgan fingerprint density at radius 1 is 1.40 bits per heavy atom. The van der Waals surface area contributed by atoms with Gasteiger partial charge in [-0.1, -0.05) is 0 Å².